The number of guanidine groups is 1. The van der Waals surface area contributed by atoms with Crippen molar-refractivity contribution in [2.75, 3.05) is 20.1 Å². The minimum absolute atomic E-state index is 0.446. The monoisotopic (exact) mass is 235 g/mol. The maximum absolute atomic E-state index is 5.14. The fourth-order valence-electron chi connectivity index (χ4n) is 1.18. The van der Waals surface area contributed by atoms with Gasteiger partial charge in [-0.25, -0.2) is 0 Å². The van der Waals surface area contributed by atoms with E-state index in [1.165, 1.54) is 0 Å². The number of nitrogens with one attached hydrogen (secondary N) is 2. The van der Waals surface area contributed by atoms with Crippen LogP contribution in [0.3, 0.4) is 0 Å². The van der Waals surface area contributed by atoms with Crippen LogP contribution in [0.5, 0.6) is 0 Å². The number of rotatable bonds is 5. The van der Waals surface area contributed by atoms with Crippen LogP contribution in [0, 0.1) is 12.3 Å². The van der Waals surface area contributed by atoms with E-state index in [1.54, 1.807) is 7.05 Å². The second-order valence-electron chi connectivity index (χ2n) is 3.26. The first-order chi connectivity index (χ1) is 8.30. The lowest BCUT2D eigenvalue weighted by Crippen LogP contribution is -2.38. The number of nitrogens with zero attached hydrogens (tertiary/aromatic N) is 3. The average molecular weight is 235 g/mol. The lowest BCUT2D eigenvalue weighted by atomic mass is 10.4. The average Bonchev–Trinajstić information content (AvgIpc) is 2.81. The fraction of sp³-hybridized carbons (Fsp3) is 0.545. The van der Waals surface area contributed by atoms with Crippen LogP contribution in [0.4, 0.5) is 0 Å². The van der Waals surface area contributed by atoms with Crippen LogP contribution in [-0.4, -0.2) is 36.2 Å². The summed E-state index contributed by atoms with van der Waals surface area (Å²) in [5.41, 5.74) is 0. The van der Waals surface area contributed by atoms with Crippen molar-refractivity contribution in [2.45, 2.75) is 19.8 Å². The topological polar surface area (TPSA) is 75.3 Å². The van der Waals surface area contributed by atoms with Crippen LogP contribution < -0.4 is 10.6 Å². The summed E-state index contributed by atoms with van der Waals surface area (Å²) in [5.74, 6) is 4.51. The molecule has 0 radical (unpaired) electrons. The van der Waals surface area contributed by atoms with Crippen LogP contribution in [0.15, 0.2) is 9.52 Å². The van der Waals surface area contributed by atoms with Crippen LogP contribution >= 0.6 is 0 Å². The summed E-state index contributed by atoms with van der Waals surface area (Å²) in [6.07, 6.45) is 6.58. The lowest BCUT2D eigenvalue weighted by molar-refractivity contribution is 0.376. The Bertz CT molecular complexity index is 404. The van der Waals surface area contributed by atoms with Gasteiger partial charge in [-0.15, -0.1) is 6.42 Å². The predicted octanol–water partition coefficient (Wildman–Crippen LogP) is -0.0273. The van der Waals surface area contributed by atoms with E-state index in [2.05, 4.69) is 31.7 Å². The normalized spacial score (nSPS) is 11.0. The third-order valence-electron chi connectivity index (χ3n) is 2.04. The molecule has 17 heavy (non-hydrogen) atoms. The molecule has 0 aliphatic carbocycles. The highest BCUT2D eigenvalue weighted by molar-refractivity contribution is 5.79. The minimum atomic E-state index is 0.446. The molecule has 0 saturated carbocycles. The maximum atomic E-state index is 5.14. The number of aryl methyl sites for hydroxylation is 1. The largest absolute Gasteiger partial charge is 0.356 e. The van der Waals surface area contributed by atoms with E-state index in [4.69, 9.17) is 10.9 Å². The summed E-state index contributed by atoms with van der Waals surface area (Å²) in [4.78, 5) is 8.22. The molecule has 0 aliphatic heterocycles. The van der Waals surface area contributed by atoms with Crippen LogP contribution in [0.25, 0.3) is 0 Å². The van der Waals surface area contributed by atoms with Gasteiger partial charge in [0.2, 0.25) is 5.89 Å². The van der Waals surface area contributed by atoms with E-state index < -0.39 is 0 Å². The van der Waals surface area contributed by atoms with Crippen molar-refractivity contribution >= 4 is 5.96 Å². The Labute approximate surface area is 101 Å². The van der Waals surface area contributed by atoms with Crippen molar-refractivity contribution in [1.29, 1.82) is 0 Å². The van der Waals surface area contributed by atoms with E-state index in [9.17, 15) is 0 Å². The van der Waals surface area contributed by atoms with E-state index in [0.29, 0.717) is 37.2 Å². The summed E-state index contributed by atoms with van der Waals surface area (Å²) in [7, 11) is 1.69. The molecule has 0 aliphatic rings. The molecule has 0 amide bonds. The molecule has 0 bridgehead atoms. The molecule has 0 aromatic carbocycles. The number of aromatic nitrogens is 2. The highest BCUT2D eigenvalue weighted by Gasteiger charge is 2.04. The van der Waals surface area contributed by atoms with Gasteiger partial charge in [0.1, 0.15) is 0 Å². The molecule has 0 atom stereocenters. The fourth-order valence-corrected chi connectivity index (χ4v) is 1.18. The Morgan fingerprint density at radius 1 is 1.53 bits per heavy atom. The molecule has 1 rings (SSSR count). The first kappa shape index (κ1) is 13.0. The summed E-state index contributed by atoms with van der Waals surface area (Å²) < 4.78 is 5.00. The van der Waals surface area contributed by atoms with Gasteiger partial charge in [0.05, 0.1) is 6.54 Å². The van der Waals surface area contributed by atoms with Crippen LogP contribution in [-0.2, 0) is 12.8 Å². The van der Waals surface area contributed by atoms with Gasteiger partial charge in [0.15, 0.2) is 11.8 Å². The molecule has 92 valence electrons. The predicted molar refractivity (Wildman–Crippen MR) is 65.6 cm³/mol. The van der Waals surface area contributed by atoms with Crippen LogP contribution in [0.1, 0.15) is 18.6 Å². The zero-order chi connectivity index (χ0) is 12.5. The Kier molecular flexibility index (Phi) is 5.58. The van der Waals surface area contributed by atoms with Crippen molar-refractivity contribution in [2.24, 2.45) is 4.99 Å². The van der Waals surface area contributed by atoms with E-state index in [0.717, 1.165) is 6.42 Å². The molecule has 1 heterocycles. The SMILES string of the molecule is C#CCNC(=NC)NCCc1noc(CC)n1. The van der Waals surface area contributed by atoms with Gasteiger partial charge in [-0.3, -0.25) is 4.99 Å². The highest BCUT2D eigenvalue weighted by Crippen LogP contribution is 1.97. The summed E-state index contributed by atoms with van der Waals surface area (Å²) >= 11 is 0. The van der Waals surface area contributed by atoms with Gasteiger partial charge in [-0.1, -0.05) is 18.0 Å². The minimum Gasteiger partial charge on any atom is -0.356 e. The second-order valence-corrected chi connectivity index (χ2v) is 3.26. The summed E-state index contributed by atoms with van der Waals surface area (Å²) in [5, 5.41) is 9.92. The molecule has 1 aromatic heterocycles. The number of hydrogen-bond acceptors (Lipinski definition) is 4. The van der Waals surface area contributed by atoms with Gasteiger partial charge in [0.25, 0.3) is 0 Å². The quantitative estimate of drug-likeness (QED) is 0.426. The Morgan fingerprint density at radius 3 is 2.94 bits per heavy atom. The third-order valence-corrected chi connectivity index (χ3v) is 2.04. The van der Waals surface area contributed by atoms with Gasteiger partial charge in [0, 0.05) is 26.4 Å². The standard InChI is InChI=1S/C11H17N5O/c1-4-7-13-11(12-3)14-8-6-9-15-10(5-2)17-16-9/h1H,5-8H2,2-3H3,(H2,12,13,14). The Balaban J connectivity index is 2.29. The molecule has 2 N–H and O–H groups in total. The molecule has 0 spiro atoms. The zero-order valence-corrected chi connectivity index (χ0v) is 10.2. The van der Waals surface area contributed by atoms with Gasteiger partial charge < -0.3 is 15.2 Å². The van der Waals surface area contributed by atoms with Crippen molar-refractivity contribution < 1.29 is 4.52 Å². The van der Waals surface area contributed by atoms with Crippen LogP contribution in [0.2, 0.25) is 0 Å². The second kappa shape index (κ2) is 7.28. The molecular weight excluding hydrogens is 218 g/mol. The molecule has 0 unspecified atom stereocenters. The van der Waals surface area contributed by atoms with Gasteiger partial charge in [-0.05, 0) is 0 Å². The molecule has 1 aromatic rings. The maximum Gasteiger partial charge on any atom is 0.226 e. The number of terminal acetylenes is 1. The van der Waals surface area contributed by atoms with E-state index >= 15 is 0 Å². The lowest BCUT2D eigenvalue weighted by Gasteiger charge is -2.08. The van der Waals surface area contributed by atoms with E-state index in [-0.39, 0.29) is 0 Å². The number of aliphatic imine (C=N–C) groups is 1. The Morgan fingerprint density at radius 2 is 2.35 bits per heavy atom. The molecular formula is C11H17N5O. The molecule has 0 fully saturated rings. The van der Waals surface area contributed by atoms with Gasteiger partial charge >= 0.3 is 0 Å². The molecule has 0 saturated heterocycles. The van der Waals surface area contributed by atoms with Gasteiger partial charge in [-0.2, -0.15) is 4.98 Å². The third kappa shape index (κ3) is 4.55. The zero-order valence-electron chi connectivity index (χ0n) is 10.2. The van der Waals surface area contributed by atoms with Crippen molar-refractivity contribution in [1.82, 2.24) is 20.8 Å². The summed E-state index contributed by atoms with van der Waals surface area (Å²) in [6, 6.07) is 0. The smallest absolute Gasteiger partial charge is 0.226 e. The molecule has 6 nitrogen and oxygen atoms in total. The van der Waals surface area contributed by atoms with Crippen molar-refractivity contribution in [3.63, 3.8) is 0 Å². The van der Waals surface area contributed by atoms with Crippen molar-refractivity contribution in [3.05, 3.63) is 11.7 Å². The highest BCUT2D eigenvalue weighted by atomic mass is 16.5. The molecule has 6 heteroatoms. The Hall–Kier alpha value is -2.03. The van der Waals surface area contributed by atoms with Crippen molar-refractivity contribution in [3.8, 4) is 12.3 Å². The number of hydrogen-bond donors (Lipinski definition) is 2. The summed E-state index contributed by atoms with van der Waals surface area (Å²) in [6.45, 7) is 3.09. The first-order valence-electron chi connectivity index (χ1n) is 5.49. The first-order valence-corrected chi connectivity index (χ1v) is 5.49. The van der Waals surface area contributed by atoms with E-state index in [1.807, 2.05) is 6.92 Å².